The zero-order chi connectivity index (χ0) is 18.5. The third kappa shape index (κ3) is 3.72. The minimum atomic E-state index is -1.30. The van der Waals surface area contributed by atoms with E-state index in [1.807, 2.05) is 6.07 Å². The van der Waals surface area contributed by atoms with Crippen molar-refractivity contribution in [3.05, 3.63) is 72.0 Å². The number of hydrogen-bond donors (Lipinski definition) is 2. The highest BCUT2D eigenvalue weighted by molar-refractivity contribution is 5.99. The molecule has 1 unspecified atom stereocenters. The van der Waals surface area contributed by atoms with E-state index in [0.29, 0.717) is 11.1 Å². The second-order valence-corrected chi connectivity index (χ2v) is 5.41. The van der Waals surface area contributed by atoms with Gasteiger partial charge in [0.05, 0.1) is 0 Å². The fourth-order valence-corrected chi connectivity index (χ4v) is 2.39. The first-order valence-electron chi connectivity index (χ1n) is 7.85. The average molecular weight is 352 g/mol. The molecule has 0 aliphatic rings. The number of furan rings is 1. The van der Waals surface area contributed by atoms with Gasteiger partial charge in [0.25, 0.3) is 5.91 Å². The number of para-hydroxylation sites is 1. The maximum atomic E-state index is 12.5. The number of amides is 3. The van der Waals surface area contributed by atoms with E-state index >= 15 is 0 Å². The Bertz CT molecular complexity index is 916. The minimum absolute atomic E-state index is 0.0279. The SMILES string of the molecule is CNC(=O)NC(=O)C(OC(=O)c1cc2ccccc2o1)c1ccccc1. The van der Waals surface area contributed by atoms with Crippen LogP contribution in [0.4, 0.5) is 4.79 Å². The molecule has 132 valence electrons. The van der Waals surface area contributed by atoms with Crippen LogP contribution >= 0.6 is 0 Å². The van der Waals surface area contributed by atoms with Crippen molar-refractivity contribution in [2.75, 3.05) is 7.05 Å². The first-order chi connectivity index (χ1) is 12.6. The summed E-state index contributed by atoms with van der Waals surface area (Å²) >= 11 is 0. The summed E-state index contributed by atoms with van der Waals surface area (Å²) < 4.78 is 10.8. The van der Waals surface area contributed by atoms with Gasteiger partial charge in [-0.3, -0.25) is 10.1 Å². The fraction of sp³-hybridized carbons (Fsp3) is 0.105. The second-order valence-electron chi connectivity index (χ2n) is 5.41. The Labute approximate surface area is 148 Å². The Morgan fingerprint density at radius 1 is 1.00 bits per heavy atom. The molecule has 7 heteroatoms. The monoisotopic (exact) mass is 352 g/mol. The summed E-state index contributed by atoms with van der Waals surface area (Å²) in [6.07, 6.45) is -1.30. The fourth-order valence-electron chi connectivity index (χ4n) is 2.39. The Balaban J connectivity index is 1.85. The molecule has 2 N–H and O–H groups in total. The highest BCUT2D eigenvalue weighted by atomic mass is 16.6. The number of ether oxygens (including phenoxy) is 1. The molecule has 1 atom stereocenters. The van der Waals surface area contributed by atoms with Crippen LogP contribution in [0, 0.1) is 0 Å². The summed E-state index contributed by atoms with van der Waals surface area (Å²) in [4.78, 5) is 36.3. The van der Waals surface area contributed by atoms with Gasteiger partial charge in [-0.05, 0) is 12.1 Å². The zero-order valence-corrected chi connectivity index (χ0v) is 13.9. The lowest BCUT2D eigenvalue weighted by Crippen LogP contribution is -2.41. The third-order valence-electron chi connectivity index (χ3n) is 3.66. The normalized spacial score (nSPS) is 11.6. The third-order valence-corrected chi connectivity index (χ3v) is 3.66. The van der Waals surface area contributed by atoms with E-state index in [1.165, 1.54) is 13.1 Å². The van der Waals surface area contributed by atoms with Crippen molar-refractivity contribution in [2.45, 2.75) is 6.10 Å². The Hall–Kier alpha value is -3.61. The maximum absolute atomic E-state index is 12.5. The van der Waals surface area contributed by atoms with E-state index in [1.54, 1.807) is 48.5 Å². The van der Waals surface area contributed by atoms with Crippen LogP contribution in [0.2, 0.25) is 0 Å². The first-order valence-corrected chi connectivity index (χ1v) is 7.85. The van der Waals surface area contributed by atoms with E-state index < -0.39 is 24.0 Å². The van der Waals surface area contributed by atoms with Gasteiger partial charge in [0.2, 0.25) is 11.9 Å². The van der Waals surface area contributed by atoms with Crippen molar-refractivity contribution in [2.24, 2.45) is 0 Å². The van der Waals surface area contributed by atoms with Crippen molar-refractivity contribution in [1.29, 1.82) is 0 Å². The molecule has 1 heterocycles. The van der Waals surface area contributed by atoms with Gasteiger partial charge in [0.15, 0.2) is 0 Å². The van der Waals surface area contributed by atoms with Crippen molar-refractivity contribution < 1.29 is 23.5 Å². The number of imide groups is 1. The molecular weight excluding hydrogens is 336 g/mol. The van der Waals surface area contributed by atoms with Gasteiger partial charge in [-0.25, -0.2) is 9.59 Å². The Morgan fingerprint density at radius 2 is 1.69 bits per heavy atom. The molecule has 2 aromatic carbocycles. The van der Waals surface area contributed by atoms with Crippen molar-refractivity contribution in [3.63, 3.8) is 0 Å². The van der Waals surface area contributed by atoms with Crippen LogP contribution < -0.4 is 10.6 Å². The first kappa shape index (κ1) is 17.2. The van der Waals surface area contributed by atoms with E-state index in [4.69, 9.17) is 9.15 Å². The quantitative estimate of drug-likeness (QED) is 0.704. The highest BCUT2D eigenvalue weighted by Crippen LogP contribution is 2.23. The molecule has 0 spiro atoms. The van der Waals surface area contributed by atoms with Crippen LogP contribution in [0.1, 0.15) is 22.2 Å². The van der Waals surface area contributed by atoms with Gasteiger partial charge in [0, 0.05) is 18.0 Å². The van der Waals surface area contributed by atoms with Crippen LogP contribution in [0.25, 0.3) is 11.0 Å². The molecule has 26 heavy (non-hydrogen) atoms. The number of nitrogens with one attached hydrogen (secondary N) is 2. The topological polar surface area (TPSA) is 97.6 Å². The maximum Gasteiger partial charge on any atom is 0.375 e. The molecule has 0 aliphatic heterocycles. The van der Waals surface area contributed by atoms with Crippen molar-refractivity contribution in [1.82, 2.24) is 10.6 Å². The smallest absolute Gasteiger partial charge is 0.375 e. The van der Waals surface area contributed by atoms with E-state index in [-0.39, 0.29) is 5.76 Å². The number of rotatable bonds is 4. The summed E-state index contributed by atoms with van der Waals surface area (Å²) in [7, 11) is 1.38. The minimum Gasteiger partial charge on any atom is -0.449 e. The predicted molar refractivity (Wildman–Crippen MR) is 93.4 cm³/mol. The molecule has 0 bridgehead atoms. The van der Waals surface area contributed by atoms with Crippen molar-refractivity contribution in [3.8, 4) is 0 Å². The largest absolute Gasteiger partial charge is 0.449 e. The summed E-state index contributed by atoms with van der Waals surface area (Å²) in [6, 6.07) is 16.4. The molecule has 3 amide bonds. The standard InChI is InChI=1S/C19H16N2O5/c1-20-19(24)21-17(22)16(12-7-3-2-4-8-12)26-18(23)15-11-13-9-5-6-10-14(13)25-15/h2-11,16H,1H3,(H2,20,21,22,24). The van der Waals surface area contributed by atoms with Crippen LogP contribution in [0.5, 0.6) is 0 Å². The van der Waals surface area contributed by atoms with Gasteiger partial charge in [-0.15, -0.1) is 0 Å². The number of urea groups is 1. The van der Waals surface area contributed by atoms with E-state index in [9.17, 15) is 14.4 Å². The summed E-state index contributed by atoms with van der Waals surface area (Å²) in [5.74, 6) is -1.60. The lowest BCUT2D eigenvalue weighted by atomic mass is 10.1. The molecule has 3 rings (SSSR count). The number of esters is 1. The van der Waals surface area contributed by atoms with Crippen molar-refractivity contribution >= 4 is 28.9 Å². The predicted octanol–water partition coefficient (Wildman–Crippen LogP) is 2.79. The van der Waals surface area contributed by atoms with Crippen LogP contribution in [0.15, 0.2) is 65.1 Å². The van der Waals surface area contributed by atoms with E-state index in [2.05, 4.69) is 10.6 Å². The van der Waals surface area contributed by atoms with Gasteiger partial charge in [-0.2, -0.15) is 0 Å². The molecule has 0 radical (unpaired) electrons. The van der Waals surface area contributed by atoms with E-state index in [0.717, 1.165) is 5.39 Å². The number of benzene rings is 2. The number of carbonyl (C=O) groups is 3. The van der Waals surface area contributed by atoms with Gasteiger partial charge in [0.1, 0.15) is 5.58 Å². The molecular formula is C19H16N2O5. The molecule has 0 fully saturated rings. The summed E-state index contributed by atoms with van der Waals surface area (Å²) in [5.41, 5.74) is 0.962. The highest BCUT2D eigenvalue weighted by Gasteiger charge is 2.28. The average Bonchev–Trinajstić information content (AvgIpc) is 3.10. The molecule has 1 aromatic heterocycles. The van der Waals surface area contributed by atoms with Crippen LogP contribution in [-0.4, -0.2) is 25.0 Å². The van der Waals surface area contributed by atoms with Gasteiger partial charge < -0.3 is 14.5 Å². The second kappa shape index (κ2) is 7.52. The summed E-state index contributed by atoms with van der Waals surface area (Å²) in [6.45, 7) is 0. The molecule has 0 saturated carbocycles. The Kier molecular flexibility index (Phi) is 4.98. The number of hydrogen-bond acceptors (Lipinski definition) is 5. The number of carbonyl (C=O) groups excluding carboxylic acids is 3. The molecule has 3 aromatic rings. The summed E-state index contributed by atoms with van der Waals surface area (Å²) in [5, 5.41) is 5.13. The number of fused-ring (bicyclic) bond motifs is 1. The molecule has 7 nitrogen and oxygen atoms in total. The molecule has 0 aliphatic carbocycles. The Morgan fingerprint density at radius 3 is 2.38 bits per heavy atom. The lowest BCUT2D eigenvalue weighted by molar-refractivity contribution is -0.129. The zero-order valence-electron chi connectivity index (χ0n) is 13.9. The van der Waals surface area contributed by atoms with Crippen LogP contribution in [0.3, 0.4) is 0 Å². The van der Waals surface area contributed by atoms with Gasteiger partial charge >= 0.3 is 12.0 Å². The lowest BCUT2D eigenvalue weighted by Gasteiger charge is -2.16. The molecule has 0 saturated heterocycles. The van der Waals surface area contributed by atoms with Gasteiger partial charge in [-0.1, -0.05) is 48.5 Å². The van der Waals surface area contributed by atoms with Crippen LogP contribution in [-0.2, 0) is 9.53 Å².